The number of carbonyl (C=O) groups excluding carboxylic acids is 2. The van der Waals surface area contributed by atoms with Gasteiger partial charge in [-0.15, -0.1) is 0 Å². The van der Waals surface area contributed by atoms with Crippen LogP contribution in [0.1, 0.15) is 34.1 Å². The number of hydrogen-bond acceptors (Lipinski definition) is 5. The highest BCUT2D eigenvalue weighted by molar-refractivity contribution is 5.94. The third kappa shape index (κ3) is 5.18. The van der Waals surface area contributed by atoms with Crippen LogP contribution < -0.4 is 11.5 Å². The van der Waals surface area contributed by atoms with E-state index in [0.717, 1.165) is 12.1 Å². The van der Waals surface area contributed by atoms with E-state index in [-0.39, 0.29) is 24.9 Å². The monoisotopic (exact) mass is 484 g/mol. The molecule has 2 heterocycles. The van der Waals surface area contributed by atoms with Gasteiger partial charge in [0.1, 0.15) is 17.5 Å². The lowest BCUT2D eigenvalue weighted by atomic mass is 9.93. The standard InChI is InChI=1S/C25H23F3N4O3/c26-15-6-13(7-16(27)10-15)8-21(32-12-17(33)11-22(32)25(30)35)23-18(2-1-5-31-23)14-3-4-20(28)19(9-14)24(29)34/h1-7,9-10,17,21-22,33H,8,11-12H2,(H2,29,34)(H2,30,35)/t17?,21-,22?/m0/s1. The maximum absolute atomic E-state index is 14.1. The maximum atomic E-state index is 14.1. The third-order valence-electron chi connectivity index (χ3n) is 6.09. The Morgan fingerprint density at radius 3 is 2.46 bits per heavy atom. The van der Waals surface area contributed by atoms with Gasteiger partial charge in [-0.05, 0) is 54.3 Å². The van der Waals surface area contributed by atoms with Crippen molar-refractivity contribution in [2.45, 2.75) is 31.0 Å². The van der Waals surface area contributed by atoms with Gasteiger partial charge >= 0.3 is 0 Å². The van der Waals surface area contributed by atoms with Crippen LogP contribution in [-0.2, 0) is 11.2 Å². The lowest BCUT2D eigenvalue weighted by Crippen LogP contribution is -2.43. The summed E-state index contributed by atoms with van der Waals surface area (Å²) >= 11 is 0. The molecule has 182 valence electrons. The maximum Gasteiger partial charge on any atom is 0.251 e. The van der Waals surface area contributed by atoms with Crippen molar-refractivity contribution in [3.8, 4) is 11.1 Å². The molecule has 7 nitrogen and oxygen atoms in total. The molecule has 1 saturated heterocycles. The number of aliphatic hydroxyl groups excluding tert-OH is 1. The molecule has 0 bridgehead atoms. The summed E-state index contributed by atoms with van der Waals surface area (Å²) in [4.78, 5) is 30.0. The summed E-state index contributed by atoms with van der Waals surface area (Å²) in [5.41, 5.74) is 12.2. The number of aliphatic hydroxyl groups is 1. The van der Waals surface area contributed by atoms with E-state index in [9.17, 15) is 27.9 Å². The van der Waals surface area contributed by atoms with Gasteiger partial charge < -0.3 is 16.6 Å². The molecule has 2 unspecified atom stereocenters. The zero-order chi connectivity index (χ0) is 25.3. The molecule has 10 heteroatoms. The quantitative estimate of drug-likeness (QED) is 0.476. The predicted octanol–water partition coefficient (Wildman–Crippen LogP) is 2.47. The van der Waals surface area contributed by atoms with Crippen LogP contribution >= 0.6 is 0 Å². The molecule has 4 rings (SSSR count). The molecular weight excluding hydrogens is 461 g/mol. The third-order valence-corrected chi connectivity index (χ3v) is 6.09. The number of carbonyl (C=O) groups is 2. The Morgan fingerprint density at radius 1 is 1.09 bits per heavy atom. The fourth-order valence-corrected chi connectivity index (χ4v) is 4.59. The van der Waals surface area contributed by atoms with E-state index in [2.05, 4.69) is 4.98 Å². The molecule has 0 radical (unpaired) electrons. The van der Waals surface area contributed by atoms with Crippen molar-refractivity contribution in [2.75, 3.05) is 6.54 Å². The fraction of sp³-hybridized carbons (Fsp3) is 0.240. The van der Waals surface area contributed by atoms with Gasteiger partial charge in [0.25, 0.3) is 5.91 Å². The van der Waals surface area contributed by atoms with Crippen molar-refractivity contribution in [3.05, 3.63) is 89.0 Å². The lowest BCUT2D eigenvalue weighted by Gasteiger charge is -2.32. The van der Waals surface area contributed by atoms with E-state index in [4.69, 9.17) is 11.5 Å². The topological polar surface area (TPSA) is 123 Å². The van der Waals surface area contributed by atoms with E-state index in [1.165, 1.54) is 30.5 Å². The van der Waals surface area contributed by atoms with Crippen molar-refractivity contribution in [3.63, 3.8) is 0 Å². The van der Waals surface area contributed by atoms with Crippen molar-refractivity contribution in [2.24, 2.45) is 11.5 Å². The first-order valence-corrected chi connectivity index (χ1v) is 10.9. The number of nitrogens with zero attached hydrogens (tertiary/aromatic N) is 2. The van der Waals surface area contributed by atoms with E-state index in [1.54, 1.807) is 17.0 Å². The van der Waals surface area contributed by atoms with Crippen LogP contribution in [-0.4, -0.2) is 45.5 Å². The fourth-order valence-electron chi connectivity index (χ4n) is 4.59. The SMILES string of the molecule is NC(=O)c1cc(-c2cccnc2[C@H](Cc2cc(F)cc(F)c2)N2CC(O)CC2C(N)=O)ccc1F. The minimum Gasteiger partial charge on any atom is -0.392 e. The molecule has 3 aromatic rings. The van der Waals surface area contributed by atoms with Gasteiger partial charge in [-0.1, -0.05) is 12.1 Å². The number of hydrogen-bond donors (Lipinski definition) is 3. The highest BCUT2D eigenvalue weighted by Gasteiger charge is 2.40. The molecule has 35 heavy (non-hydrogen) atoms. The molecule has 2 aromatic carbocycles. The number of benzene rings is 2. The van der Waals surface area contributed by atoms with Gasteiger partial charge in [-0.25, -0.2) is 13.2 Å². The van der Waals surface area contributed by atoms with Crippen molar-refractivity contribution in [1.82, 2.24) is 9.88 Å². The molecule has 2 amide bonds. The summed E-state index contributed by atoms with van der Waals surface area (Å²) in [6.45, 7) is 0.0715. The van der Waals surface area contributed by atoms with Crippen LogP contribution in [0.3, 0.4) is 0 Å². The number of amides is 2. The summed E-state index contributed by atoms with van der Waals surface area (Å²) in [7, 11) is 0. The zero-order valence-corrected chi connectivity index (χ0v) is 18.5. The number of rotatable bonds is 7. The Morgan fingerprint density at radius 2 is 1.80 bits per heavy atom. The first-order chi connectivity index (χ1) is 16.6. The number of nitrogens with two attached hydrogens (primary N) is 2. The van der Waals surface area contributed by atoms with Crippen LogP contribution in [0.2, 0.25) is 0 Å². The number of likely N-dealkylation sites (tertiary alicyclic amines) is 1. The minimum atomic E-state index is -0.946. The summed E-state index contributed by atoms with van der Waals surface area (Å²) in [6.07, 6.45) is 0.772. The number of halogens is 3. The molecule has 1 aromatic heterocycles. The van der Waals surface area contributed by atoms with E-state index in [0.29, 0.717) is 22.4 Å². The number of aromatic nitrogens is 1. The van der Waals surface area contributed by atoms with E-state index in [1.807, 2.05) is 0 Å². The summed E-state index contributed by atoms with van der Waals surface area (Å²) in [5, 5.41) is 10.3. The Bertz CT molecular complexity index is 1270. The Balaban J connectivity index is 1.86. The van der Waals surface area contributed by atoms with Crippen LogP contribution in [0.5, 0.6) is 0 Å². The van der Waals surface area contributed by atoms with Crippen LogP contribution in [0.15, 0.2) is 54.7 Å². The number of pyridine rings is 1. The molecular formula is C25H23F3N4O3. The van der Waals surface area contributed by atoms with Gasteiger partial charge in [-0.2, -0.15) is 0 Å². The van der Waals surface area contributed by atoms with Crippen LogP contribution in [0.4, 0.5) is 13.2 Å². The van der Waals surface area contributed by atoms with E-state index >= 15 is 0 Å². The second-order valence-electron chi connectivity index (χ2n) is 8.50. The van der Waals surface area contributed by atoms with Gasteiger partial charge in [0.15, 0.2) is 0 Å². The second kappa shape index (κ2) is 9.85. The molecule has 0 saturated carbocycles. The smallest absolute Gasteiger partial charge is 0.251 e. The average molecular weight is 484 g/mol. The molecule has 0 spiro atoms. The van der Waals surface area contributed by atoms with Crippen molar-refractivity contribution >= 4 is 11.8 Å². The molecule has 1 aliphatic heterocycles. The largest absolute Gasteiger partial charge is 0.392 e. The van der Waals surface area contributed by atoms with Crippen LogP contribution in [0, 0.1) is 17.5 Å². The van der Waals surface area contributed by atoms with Crippen LogP contribution in [0.25, 0.3) is 11.1 Å². The lowest BCUT2D eigenvalue weighted by molar-refractivity contribution is -0.123. The predicted molar refractivity (Wildman–Crippen MR) is 121 cm³/mol. The summed E-state index contributed by atoms with van der Waals surface area (Å²) in [6, 6.07) is 8.67. The first-order valence-electron chi connectivity index (χ1n) is 10.9. The number of primary amides is 2. The highest BCUT2D eigenvalue weighted by atomic mass is 19.1. The van der Waals surface area contributed by atoms with Gasteiger partial charge in [-0.3, -0.25) is 19.5 Å². The van der Waals surface area contributed by atoms with Gasteiger partial charge in [0.05, 0.1) is 29.4 Å². The number of β-amino-alcohol motifs (C(OH)–C–C–N with tert-alkyl or cyclic N) is 1. The minimum absolute atomic E-state index is 0.0268. The Kier molecular flexibility index (Phi) is 6.86. The Labute approximate surface area is 199 Å². The highest BCUT2D eigenvalue weighted by Crippen LogP contribution is 2.37. The molecule has 1 aliphatic rings. The van der Waals surface area contributed by atoms with E-state index < -0.39 is 47.5 Å². The molecule has 3 atom stereocenters. The average Bonchev–Trinajstić information content (AvgIpc) is 3.19. The van der Waals surface area contributed by atoms with Crippen molar-refractivity contribution in [1.29, 1.82) is 0 Å². The first kappa shape index (κ1) is 24.4. The van der Waals surface area contributed by atoms with Gasteiger partial charge in [0.2, 0.25) is 5.91 Å². The molecule has 5 N–H and O–H groups in total. The normalized spacial score (nSPS) is 19.0. The molecule has 1 fully saturated rings. The van der Waals surface area contributed by atoms with Crippen molar-refractivity contribution < 1.29 is 27.9 Å². The summed E-state index contributed by atoms with van der Waals surface area (Å²) < 4.78 is 42.0. The molecule has 0 aliphatic carbocycles. The van der Waals surface area contributed by atoms with Gasteiger partial charge in [0, 0.05) is 24.4 Å². The second-order valence-corrected chi connectivity index (χ2v) is 8.50. The Hall–Kier alpha value is -3.76. The summed E-state index contributed by atoms with van der Waals surface area (Å²) in [5.74, 6) is -3.92. The zero-order valence-electron chi connectivity index (χ0n) is 18.5.